The van der Waals surface area contributed by atoms with Gasteiger partial charge in [-0.3, -0.25) is 0 Å². The summed E-state index contributed by atoms with van der Waals surface area (Å²) in [6, 6.07) is 6.05. The van der Waals surface area contributed by atoms with Gasteiger partial charge in [0.05, 0.1) is 13.2 Å². The van der Waals surface area contributed by atoms with Gasteiger partial charge in [-0.1, -0.05) is 15.9 Å². The zero-order chi connectivity index (χ0) is 10.3. The lowest BCUT2D eigenvalue weighted by Crippen LogP contribution is -2.43. The minimum absolute atomic E-state index is 0.416. The number of ether oxygens (including phenoxy) is 2. The van der Waals surface area contributed by atoms with Crippen LogP contribution < -0.4 is 10.1 Å². The molecule has 80 valence electrons. The molecule has 1 aromatic carbocycles. The fourth-order valence-electron chi connectivity index (χ4n) is 2.06. The van der Waals surface area contributed by atoms with Crippen LogP contribution in [0.15, 0.2) is 22.7 Å². The van der Waals surface area contributed by atoms with Crippen LogP contribution in [0, 0.1) is 0 Å². The fraction of sp³-hybridized carbons (Fsp3) is 0.455. The molecule has 0 aromatic heterocycles. The molecule has 2 heterocycles. The summed E-state index contributed by atoms with van der Waals surface area (Å²) < 4.78 is 12.8. The molecule has 0 aliphatic carbocycles. The molecule has 2 aliphatic heterocycles. The summed E-state index contributed by atoms with van der Waals surface area (Å²) in [5.74, 6) is 0.536. The molecule has 0 amide bonds. The van der Waals surface area contributed by atoms with Crippen molar-refractivity contribution >= 4 is 15.9 Å². The van der Waals surface area contributed by atoms with E-state index in [0.717, 1.165) is 35.3 Å². The van der Waals surface area contributed by atoms with Crippen LogP contribution in [-0.4, -0.2) is 18.9 Å². The van der Waals surface area contributed by atoms with Gasteiger partial charge in [-0.15, -0.1) is 0 Å². The summed E-state index contributed by atoms with van der Waals surface area (Å²) in [6.45, 7) is 2.38. The Kier molecular flexibility index (Phi) is 2.23. The second-order valence-corrected chi connectivity index (χ2v) is 4.90. The molecule has 1 unspecified atom stereocenters. The van der Waals surface area contributed by atoms with Gasteiger partial charge in [-0.05, 0) is 18.2 Å². The molecule has 3 rings (SSSR count). The van der Waals surface area contributed by atoms with E-state index in [0.29, 0.717) is 6.61 Å². The van der Waals surface area contributed by atoms with Crippen molar-refractivity contribution in [1.82, 2.24) is 5.32 Å². The second-order valence-electron chi connectivity index (χ2n) is 3.98. The molecule has 1 aromatic rings. The molecule has 0 saturated carbocycles. The number of halogens is 1. The second kappa shape index (κ2) is 3.47. The van der Waals surface area contributed by atoms with E-state index in [1.54, 1.807) is 0 Å². The van der Waals surface area contributed by atoms with Crippen LogP contribution in [0.5, 0.6) is 5.75 Å². The van der Waals surface area contributed by atoms with Gasteiger partial charge in [-0.2, -0.15) is 0 Å². The summed E-state index contributed by atoms with van der Waals surface area (Å²) in [6.07, 6.45) is 0.919. The molecule has 1 atom stereocenters. The average molecular weight is 270 g/mol. The number of fused-ring (bicyclic) bond motifs is 1. The first kappa shape index (κ1) is 9.63. The highest BCUT2D eigenvalue weighted by Crippen LogP contribution is 2.35. The first-order valence-corrected chi connectivity index (χ1v) is 5.89. The van der Waals surface area contributed by atoms with Gasteiger partial charge >= 0.3 is 0 Å². The average Bonchev–Trinajstić information content (AvgIpc) is 2.67. The van der Waals surface area contributed by atoms with Gasteiger partial charge in [0.15, 0.2) is 0 Å². The van der Waals surface area contributed by atoms with E-state index in [1.807, 2.05) is 18.2 Å². The molecule has 1 saturated heterocycles. The monoisotopic (exact) mass is 269 g/mol. The topological polar surface area (TPSA) is 30.5 Å². The normalized spacial score (nSPS) is 28.9. The fourth-order valence-corrected chi connectivity index (χ4v) is 2.46. The number of rotatable bonds is 0. The first-order chi connectivity index (χ1) is 7.27. The Morgan fingerprint density at radius 3 is 3.13 bits per heavy atom. The van der Waals surface area contributed by atoms with Crippen LogP contribution >= 0.6 is 15.9 Å². The summed E-state index contributed by atoms with van der Waals surface area (Å²) in [7, 11) is 0. The van der Waals surface area contributed by atoms with Gasteiger partial charge < -0.3 is 14.8 Å². The van der Waals surface area contributed by atoms with E-state index < -0.39 is 5.79 Å². The van der Waals surface area contributed by atoms with Crippen molar-refractivity contribution in [2.75, 3.05) is 13.1 Å². The van der Waals surface area contributed by atoms with Crippen LogP contribution in [-0.2, 0) is 11.3 Å². The Bertz CT molecular complexity index is 388. The molecule has 0 bridgehead atoms. The molecule has 4 heteroatoms. The molecular formula is C11H12BrNO2. The van der Waals surface area contributed by atoms with Crippen molar-refractivity contribution in [2.24, 2.45) is 0 Å². The highest BCUT2D eigenvalue weighted by molar-refractivity contribution is 9.10. The minimum Gasteiger partial charge on any atom is -0.461 e. The van der Waals surface area contributed by atoms with Crippen molar-refractivity contribution < 1.29 is 9.47 Å². The Morgan fingerprint density at radius 1 is 1.40 bits per heavy atom. The predicted molar refractivity (Wildman–Crippen MR) is 59.8 cm³/mol. The summed E-state index contributed by atoms with van der Waals surface area (Å²) in [5, 5.41) is 3.27. The maximum absolute atomic E-state index is 5.93. The first-order valence-electron chi connectivity index (χ1n) is 5.10. The Hall–Kier alpha value is -0.580. The van der Waals surface area contributed by atoms with Crippen LogP contribution in [0.4, 0.5) is 0 Å². The third-order valence-electron chi connectivity index (χ3n) is 2.89. The maximum Gasteiger partial charge on any atom is 0.224 e. The highest BCUT2D eigenvalue weighted by atomic mass is 79.9. The van der Waals surface area contributed by atoms with Crippen molar-refractivity contribution in [3.63, 3.8) is 0 Å². The van der Waals surface area contributed by atoms with Crippen LogP contribution in [0.2, 0.25) is 0 Å². The van der Waals surface area contributed by atoms with Crippen LogP contribution in [0.1, 0.15) is 12.0 Å². The quantitative estimate of drug-likeness (QED) is 0.782. The molecule has 0 radical (unpaired) electrons. The number of hydrogen-bond acceptors (Lipinski definition) is 3. The summed E-state index contributed by atoms with van der Waals surface area (Å²) in [4.78, 5) is 0. The zero-order valence-corrected chi connectivity index (χ0v) is 9.84. The van der Waals surface area contributed by atoms with E-state index >= 15 is 0 Å². The molecule has 2 aliphatic rings. The highest BCUT2D eigenvalue weighted by Gasteiger charge is 2.40. The molecule has 3 nitrogen and oxygen atoms in total. The third-order valence-corrected chi connectivity index (χ3v) is 3.38. The third kappa shape index (κ3) is 1.67. The van der Waals surface area contributed by atoms with E-state index in [1.165, 1.54) is 0 Å². The SMILES string of the molecule is Brc1ccc2c(c1)COC1(CCNC1)O2. The van der Waals surface area contributed by atoms with Crippen LogP contribution in [0.25, 0.3) is 0 Å². The van der Waals surface area contributed by atoms with E-state index in [9.17, 15) is 0 Å². The smallest absolute Gasteiger partial charge is 0.224 e. The van der Waals surface area contributed by atoms with Crippen LogP contribution in [0.3, 0.4) is 0 Å². The standard InChI is InChI=1S/C11H12BrNO2/c12-9-1-2-10-8(5-9)6-14-11(15-10)3-4-13-7-11/h1-2,5,13H,3-4,6-7H2. The lowest BCUT2D eigenvalue weighted by Gasteiger charge is -2.34. The van der Waals surface area contributed by atoms with Crippen molar-refractivity contribution in [3.8, 4) is 5.75 Å². The molecule has 15 heavy (non-hydrogen) atoms. The van der Waals surface area contributed by atoms with Crippen molar-refractivity contribution in [2.45, 2.75) is 18.8 Å². The van der Waals surface area contributed by atoms with Gasteiger partial charge in [0, 0.05) is 23.0 Å². The molecule has 1 N–H and O–H groups in total. The van der Waals surface area contributed by atoms with E-state index in [4.69, 9.17) is 9.47 Å². The van der Waals surface area contributed by atoms with Gasteiger partial charge in [0.25, 0.3) is 0 Å². The van der Waals surface area contributed by atoms with Gasteiger partial charge in [0.2, 0.25) is 5.79 Å². The van der Waals surface area contributed by atoms with E-state index in [-0.39, 0.29) is 0 Å². The van der Waals surface area contributed by atoms with Crippen molar-refractivity contribution in [3.05, 3.63) is 28.2 Å². The Morgan fingerprint density at radius 2 is 2.33 bits per heavy atom. The molecule has 1 fully saturated rings. The lowest BCUT2D eigenvalue weighted by molar-refractivity contribution is -0.191. The number of nitrogens with one attached hydrogen (secondary N) is 1. The maximum atomic E-state index is 5.93. The lowest BCUT2D eigenvalue weighted by atomic mass is 10.1. The largest absolute Gasteiger partial charge is 0.461 e. The Balaban J connectivity index is 1.93. The molecule has 1 spiro atoms. The Labute approximate surface area is 96.9 Å². The predicted octanol–water partition coefficient (Wildman–Crippen LogP) is 2.05. The number of hydrogen-bond donors (Lipinski definition) is 1. The van der Waals surface area contributed by atoms with Gasteiger partial charge in [0.1, 0.15) is 5.75 Å². The van der Waals surface area contributed by atoms with Crippen molar-refractivity contribution in [1.29, 1.82) is 0 Å². The number of benzene rings is 1. The van der Waals surface area contributed by atoms with E-state index in [2.05, 4.69) is 21.2 Å². The van der Waals surface area contributed by atoms with Gasteiger partial charge in [-0.25, -0.2) is 0 Å². The zero-order valence-electron chi connectivity index (χ0n) is 8.25. The summed E-state index contributed by atoms with van der Waals surface area (Å²) in [5.41, 5.74) is 1.11. The minimum atomic E-state index is -0.416. The molecular weight excluding hydrogens is 258 g/mol. The summed E-state index contributed by atoms with van der Waals surface area (Å²) >= 11 is 3.44.